The number of morpholine rings is 2. The number of benzene rings is 1. The Bertz CT molecular complexity index is 724. The molecule has 0 spiro atoms. The predicted octanol–water partition coefficient (Wildman–Crippen LogP) is 0.613. The van der Waals surface area contributed by atoms with Crippen molar-refractivity contribution in [2.75, 3.05) is 73.2 Å². The van der Waals surface area contributed by atoms with Crippen molar-refractivity contribution in [3.63, 3.8) is 0 Å². The van der Waals surface area contributed by atoms with E-state index in [0.717, 1.165) is 0 Å². The fourth-order valence-corrected chi connectivity index (χ4v) is 3.62. The fraction of sp³-hybridized carbons (Fsp3) is 0.619. The summed E-state index contributed by atoms with van der Waals surface area (Å²) in [5, 5.41) is 0. The summed E-state index contributed by atoms with van der Waals surface area (Å²) >= 11 is 0. The van der Waals surface area contributed by atoms with Gasteiger partial charge in [0.25, 0.3) is 0 Å². The van der Waals surface area contributed by atoms with Gasteiger partial charge in [0, 0.05) is 19.6 Å². The highest BCUT2D eigenvalue weighted by Crippen LogP contribution is 2.26. The molecule has 3 rings (SSSR count). The van der Waals surface area contributed by atoms with E-state index in [9.17, 15) is 14.0 Å². The molecular formula is C21H30FN3O5. The first-order valence-corrected chi connectivity index (χ1v) is 10.2. The zero-order valence-corrected chi connectivity index (χ0v) is 17.6. The van der Waals surface area contributed by atoms with Crippen molar-refractivity contribution in [3.05, 3.63) is 30.1 Å². The van der Waals surface area contributed by atoms with E-state index in [0.29, 0.717) is 45.2 Å². The van der Waals surface area contributed by atoms with Gasteiger partial charge in [-0.2, -0.15) is 0 Å². The smallest absolute Gasteiger partial charge is 0.236 e. The van der Waals surface area contributed by atoms with Gasteiger partial charge in [0.15, 0.2) is 0 Å². The lowest BCUT2D eigenvalue weighted by Crippen LogP contribution is -2.59. The average Bonchev–Trinajstić information content (AvgIpc) is 2.74. The van der Waals surface area contributed by atoms with Crippen molar-refractivity contribution >= 4 is 11.8 Å². The van der Waals surface area contributed by atoms with Crippen molar-refractivity contribution in [1.82, 2.24) is 14.7 Å². The second-order valence-corrected chi connectivity index (χ2v) is 8.00. The first-order chi connectivity index (χ1) is 14.4. The lowest BCUT2D eigenvalue weighted by molar-refractivity contribution is -0.167. The molecule has 0 N–H and O–H groups in total. The maximum Gasteiger partial charge on any atom is 0.236 e. The minimum absolute atomic E-state index is 0.0201. The molecule has 9 heteroatoms. The molecule has 1 aromatic rings. The van der Waals surface area contributed by atoms with Crippen LogP contribution in [0.2, 0.25) is 0 Å². The zero-order valence-electron chi connectivity index (χ0n) is 17.6. The Morgan fingerprint density at radius 3 is 2.40 bits per heavy atom. The van der Waals surface area contributed by atoms with Crippen LogP contribution in [0.4, 0.5) is 4.39 Å². The molecule has 1 unspecified atom stereocenters. The maximum absolute atomic E-state index is 13.2. The molecule has 0 saturated carbocycles. The summed E-state index contributed by atoms with van der Waals surface area (Å²) in [5.41, 5.74) is -0.968. The molecule has 2 saturated heterocycles. The van der Waals surface area contributed by atoms with E-state index in [-0.39, 0.29) is 43.7 Å². The molecule has 0 bridgehead atoms. The molecule has 0 radical (unpaired) electrons. The van der Waals surface area contributed by atoms with E-state index < -0.39 is 5.60 Å². The predicted molar refractivity (Wildman–Crippen MR) is 108 cm³/mol. The van der Waals surface area contributed by atoms with Gasteiger partial charge in [0.2, 0.25) is 11.8 Å². The highest BCUT2D eigenvalue weighted by Gasteiger charge is 2.42. The number of nitrogens with zero attached hydrogens (tertiary/aromatic N) is 3. The summed E-state index contributed by atoms with van der Waals surface area (Å²) in [5.74, 6) is 0.0556. The monoisotopic (exact) mass is 423 g/mol. The molecule has 2 heterocycles. The van der Waals surface area contributed by atoms with Gasteiger partial charge in [-0.1, -0.05) is 0 Å². The lowest BCUT2D eigenvalue weighted by Gasteiger charge is -2.43. The molecule has 1 atom stereocenters. The van der Waals surface area contributed by atoms with E-state index in [1.807, 2.05) is 19.0 Å². The highest BCUT2D eigenvalue weighted by molar-refractivity contribution is 5.79. The minimum atomic E-state index is -0.968. The fourth-order valence-electron chi connectivity index (χ4n) is 3.62. The second-order valence-electron chi connectivity index (χ2n) is 8.00. The molecule has 2 fully saturated rings. The summed E-state index contributed by atoms with van der Waals surface area (Å²) in [6, 6.07) is 5.69. The van der Waals surface area contributed by atoms with E-state index >= 15 is 0 Å². The summed E-state index contributed by atoms with van der Waals surface area (Å²) in [7, 11) is 3.68. The standard InChI is InChI=1S/C21H30FN3O5/c1-23(2)14-20(27)25-9-12-30-21(15-25,13-19(26)24-7-10-28-11-8-24)16-29-18-5-3-17(22)4-6-18/h3-6H,7-16H2,1-2H3. The molecule has 2 aliphatic heterocycles. The van der Waals surface area contributed by atoms with Gasteiger partial charge >= 0.3 is 0 Å². The van der Waals surface area contributed by atoms with Crippen LogP contribution in [0.3, 0.4) is 0 Å². The number of hydrogen-bond donors (Lipinski definition) is 0. The number of amides is 2. The topological polar surface area (TPSA) is 71.6 Å². The van der Waals surface area contributed by atoms with Crippen molar-refractivity contribution < 1.29 is 28.2 Å². The van der Waals surface area contributed by atoms with Crippen molar-refractivity contribution in [2.45, 2.75) is 12.0 Å². The number of hydrogen-bond acceptors (Lipinski definition) is 6. The SMILES string of the molecule is CN(C)CC(=O)N1CCOC(COc2ccc(F)cc2)(CC(=O)N2CCOCC2)C1. The number of likely N-dealkylation sites (N-methyl/N-ethyl adjacent to an activating group) is 1. The Morgan fingerprint density at radius 1 is 1.07 bits per heavy atom. The molecule has 0 aliphatic carbocycles. The summed E-state index contributed by atoms with van der Waals surface area (Å²) < 4.78 is 30.5. The molecule has 166 valence electrons. The molecule has 2 aliphatic rings. The van der Waals surface area contributed by atoms with Gasteiger partial charge in [0.05, 0.1) is 39.3 Å². The van der Waals surface area contributed by atoms with Crippen LogP contribution in [0.25, 0.3) is 0 Å². The molecule has 8 nitrogen and oxygen atoms in total. The van der Waals surface area contributed by atoms with Crippen LogP contribution in [0, 0.1) is 5.82 Å². The number of carbonyl (C=O) groups is 2. The van der Waals surface area contributed by atoms with Crippen molar-refractivity contribution in [3.8, 4) is 5.75 Å². The van der Waals surface area contributed by atoms with Crippen molar-refractivity contribution in [1.29, 1.82) is 0 Å². The van der Waals surface area contributed by atoms with E-state index in [1.54, 1.807) is 9.80 Å². The van der Waals surface area contributed by atoms with Crippen LogP contribution in [-0.4, -0.2) is 105 Å². The summed E-state index contributed by atoms with van der Waals surface area (Å²) in [4.78, 5) is 30.9. The molecule has 0 aromatic heterocycles. The Labute approximate surface area is 176 Å². The third-order valence-corrected chi connectivity index (χ3v) is 5.21. The van der Waals surface area contributed by atoms with Gasteiger partial charge in [-0.3, -0.25) is 9.59 Å². The van der Waals surface area contributed by atoms with Crippen LogP contribution in [0.15, 0.2) is 24.3 Å². The third-order valence-electron chi connectivity index (χ3n) is 5.21. The Morgan fingerprint density at radius 2 is 1.73 bits per heavy atom. The van der Waals surface area contributed by atoms with Gasteiger partial charge in [0.1, 0.15) is 23.8 Å². The molecular weight excluding hydrogens is 393 g/mol. The molecule has 2 amide bonds. The van der Waals surface area contributed by atoms with Crippen LogP contribution in [0.5, 0.6) is 5.75 Å². The molecule has 1 aromatic carbocycles. The van der Waals surface area contributed by atoms with Gasteiger partial charge < -0.3 is 28.9 Å². The summed E-state index contributed by atoms with van der Waals surface area (Å²) in [6.07, 6.45) is 0.0972. The number of rotatable bonds is 7. The van der Waals surface area contributed by atoms with Gasteiger partial charge in [-0.25, -0.2) is 4.39 Å². The highest BCUT2D eigenvalue weighted by atomic mass is 19.1. The van der Waals surface area contributed by atoms with Gasteiger partial charge in [-0.05, 0) is 38.4 Å². The lowest BCUT2D eigenvalue weighted by atomic mass is 9.96. The van der Waals surface area contributed by atoms with Crippen LogP contribution >= 0.6 is 0 Å². The number of halogens is 1. The normalized spacial score (nSPS) is 22.3. The summed E-state index contributed by atoms with van der Waals surface area (Å²) in [6.45, 7) is 3.52. The number of ether oxygens (including phenoxy) is 3. The average molecular weight is 423 g/mol. The van der Waals surface area contributed by atoms with E-state index in [4.69, 9.17) is 14.2 Å². The van der Waals surface area contributed by atoms with Crippen LogP contribution in [-0.2, 0) is 19.1 Å². The minimum Gasteiger partial charge on any atom is -0.490 e. The Hall–Kier alpha value is -2.23. The van der Waals surface area contributed by atoms with E-state index in [2.05, 4.69) is 0 Å². The largest absolute Gasteiger partial charge is 0.490 e. The van der Waals surface area contributed by atoms with Crippen LogP contribution in [0.1, 0.15) is 6.42 Å². The zero-order chi connectivity index (χ0) is 21.6. The Kier molecular flexibility index (Phi) is 7.63. The first kappa shape index (κ1) is 22.5. The third kappa shape index (κ3) is 6.13. The van der Waals surface area contributed by atoms with Crippen LogP contribution < -0.4 is 4.74 Å². The Balaban J connectivity index is 1.73. The first-order valence-electron chi connectivity index (χ1n) is 10.2. The number of carbonyl (C=O) groups excluding carboxylic acids is 2. The van der Waals surface area contributed by atoms with Gasteiger partial charge in [-0.15, -0.1) is 0 Å². The second kappa shape index (κ2) is 10.2. The van der Waals surface area contributed by atoms with E-state index in [1.165, 1.54) is 24.3 Å². The molecule has 30 heavy (non-hydrogen) atoms. The quantitative estimate of drug-likeness (QED) is 0.640. The maximum atomic E-state index is 13.2. The van der Waals surface area contributed by atoms with Crippen molar-refractivity contribution in [2.24, 2.45) is 0 Å².